The van der Waals surface area contributed by atoms with Gasteiger partial charge in [-0.2, -0.15) is 5.26 Å². The molecule has 5 N–H and O–H groups in total. The Morgan fingerprint density at radius 1 is 1.17 bits per heavy atom. The molecule has 2 aromatic carbocycles. The number of carbonyl (C=O) groups excluding carboxylic acids is 3. The summed E-state index contributed by atoms with van der Waals surface area (Å²) in [7, 11) is 1.32. The number of aliphatic hydroxyl groups excluding tert-OH is 2. The molecular weight excluding hydrogens is 604 g/mol. The SMILES string of the molecule is COc1cccc2c1C(=O)c1c(O)c3c(c(O)c1C2=O)C[C@@](O)(C(=O)CO)C[C@@H]3OC1CC(N2CCOCC2C#N)C(O)C(C)O1. The standard InChI is InChI=1S/C32H34N2O12/c1-14-27(37)18(34-6-7-44-13-15(34)11-33)8-22(45-14)46-20-10-32(42,21(36)12-35)9-17-24(20)31(41)26-25(29(17)39)28(38)16-4-3-5-19(43-2)23(16)30(26)40/h3-5,14-15,18,20,22,27,35,37,39,41-42H,6-10,12-13H2,1-2H3/t14?,15?,18?,20-,22?,27?,32-/m0/s1. The Labute approximate surface area is 263 Å². The van der Waals surface area contributed by atoms with Crippen LogP contribution in [0.15, 0.2) is 18.2 Å². The number of Topliss-reactive ketones (excluding diaryl/α,β-unsaturated/α-hetero) is 1. The van der Waals surface area contributed by atoms with E-state index in [0.29, 0.717) is 13.2 Å². The first-order valence-corrected chi connectivity index (χ1v) is 14.9. The van der Waals surface area contributed by atoms with Crippen LogP contribution < -0.4 is 4.74 Å². The minimum atomic E-state index is -2.29. The molecule has 0 radical (unpaired) electrons. The highest BCUT2D eigenvalue weighted by atomic mass is 16.7. The lowest BCUT2D eigenvalue weighted by Gasteiger charge is -2.47. The molecule has 46 heavy (non-hydrogen) atoms. The van der Waals surface area contributed by atoms with Crippen molar-refractivity contribution >= 4 is 17.3 Å². The van der Waals surface area contributed by atoms with E-state index in [9.17, 15) is 45.2 Å². The molecule has 2 heterocycles. The number of hydrogen-bond donors (Lipinski definition) is 5. The van der Waals surface area contributed by atoms with Gasteiger partial charge in [0.15, 0.2) is 17.9 Å². The fourth-order valence-electron chi connectivity index (χ4n) is 7.15. The topological polar surface area (TPSA) is 216 Å². The third-order valence-electron chi connectivity index (χ3n) is 9.48. The lowest BCUT2D eigenvalue weighted by Crippen LogP contribution is -2.60. The zero-order valence-corrected chi connectivity index (χ0v) is 25.1. The van der Waals surface area contributed by atoms with Crippen LogP contribution in [-0.4, -0.2) is 117 Å². The number of phenols is 2. The average Bonchev–Trinajstić information content (AvgIpc) is 3.05. The Morgan fingerprint density at radius 2 is 1.91 bits per heavy atom. The van der Waals surface area contributed by atoms with Gasteiger partial charge in [0.2, 0.25) is 5.78 Å². The highest BCUT2D eigenvalue weighted by Crippen LogP contribution is 2.52. The average molecular weight is 639 g/mol. The van der Waals surface area contributed by atoms with Crippen LogP contribution in [0.3, 0.4) is 0 Å². The number of aliphatic hydroxyl groups is 3. The molecule has 0 bridgehead atoms. The van der Waals surface area contributed by atoms with Crippen LogP contribution >= 0.6 is 0 Å². The van der Waals surface area contributed by atoms with Crippen LogP contribution in [0.5, 0.6) is 17.2 Å². The first-order valence-electron chi connectivity index (χ1n) is 14.9. The second kappa shape index (κ2) is 12.0. The smallest absolute Gasteiger partial charge is 0.202 e. The quantitative estimate of drug-likeness (QED) is 0.229. The summed E-state index contributed by atoms with van der Waals surface area (Å²) >= 11 is 0. The Kier molecular flexibility index (Phi) is 8.36. The second-order valence-electron chi connectivity index (χ2n) is 12.0. The molecule has 0 spiro atoms. The van der Waals surface area contributed by atoms with Gasteiger partial charge in [0, 0.05) is 48.5 Å². The van der Waals surface area contributed by atoms with Gasteiger partial charge >= 0.3 is 0 Å². The van der Waals surface area contributed by atoms with E-state index in [-0.39, 0.29) is 41.0 Å². The fourth-order valence-corrected chi connectivity index (χ4v) is 7.15. The summed E-state index contributed by atoms with van der Waals surface area (Å²) in [5.41, 5.74) is -3.78. The van der Waals surface area contributed by atoms with E-state index in [0.717, 1.165) is 0 Å². The molecular formula is C32H34N2O12. The second-order valence-corrected chi connectivity index (χ2v) is 12.0. The predicted octanol–water partition coefficient (Wildman–Crippen LogP) is 0.267. The van der Waals surface area contributed by atoms with Crippen molar-refractivity contribution in [2.24, 2.45) is 0 Å². The van der Waals surface area contributed by atoms with Crippen molar-refractivity contribution < 1.29 is 58.9 Å². The molecule has 244 valence electrons. The molecule has 2 saturated heterocycles. The zero-order chi connectivity index (χ0) is 33.1. The van der Waals surface area contributed by atoms with Gasteiger partial charge in [0.05, 0.1) is 61.4 Å². The van der Waals surface area contributed by atoms with Crippen LogP contribution in [0, 0.1) is 11.3 Å². The minimum Gasteiger partial charge on any atom is -0.507 e. The molecule has 2 aliphatic heterocycles. The number of benzene rings is 2. The molecule has 7 atom stereocenters. The number of rotatable bonds is 6. The van der Waals surface area contributed by atoms with E-state index in [2.05, 4.69) is 6.07 Å². The number of ketones is 3. The first kappa shape index (κ1) is 32.0. The molecule has 0 saturated carbocycles. The summed E-state index contributed by atoms with van der Waals surface area (Å²) in [5.74, 6) is -3.87. The number of nitriles is 1. The number of methoxy groups -OCH3 is 1. The van der Waals surface area contributed by atoms with Crippen molar-refractivity contribution in [3.05, 3.63) is 51.6 Å². The van der Waals surface area contributed by atoms with E-state index in [1.165, 1.54) is 25.3 Å². The van der Waals surface area contributed by atoms with Gasteiger partial charge in [-0.25, -0.2) is 0 Å². The van der Waals surface area contributed by atoms with Crippen LogP contribution in [0.25, 0.3) is 0 Å². The van der Waals surface area contributed by atoms with Gasteiger partial charge in [-0.15, -0.1) is 0 Å². The maximum Gasteiger partial charge on any atom is 0.202 e. The van der Waals surface area contributed by atoms with Crippen LogP contribution in [-0.2, 0) is 25.4 Å². The Bertz CT molecular complexity index is 1650. The van der Waals surface area contributed by atoms with Crippen molar-refractivity contribution in [1.29, 1.82) is 5.26 Å². The Hall–Kier alpha value is -3.94. The molecule has 5 unspecified atom stereocenters. The van der Waals surface area contributed by atoms with E-state index in [1.54, 1.807) is 11.8 Å². The predicted molar refractivity (Wildman–Crippen MR) is 154 cm³/mol. The zero-order valence-electron chi connectivity index (χ0n) is 25.1. The number of ether oxygens (including phenoxy) is 4. The molecule has 0 amide bonds. The van der Waals surface area contributed by atoms with Gasteiger partial charge in [0.25, 0.3) is 0 Å². The summed E-state index contributed by atoms with van der Waals surface area (Å²) < 4.78 is 23.0. The molecule has 6 rings (SSSR count). The number of hydrogen-bond acceptors (Lipinski definition) is 14. The van der Waals surface area contributed by atoms with Crippen molar-refractivity contribution in [1.82, 2.24) is 4.90 Å². The normalized spacial score (nSPS) is 31.0. The third-order valence-corrected chi connectivity index (χ3v) is 9.48. The third kappa shape index (κ3) is 4.96. The summed E-state index contributed by atoms with van der Waals surface area (Å²) in [6.45, 7) is 1.42. The Morgan fingerprint density at radius 3 is 2.61 bits per heavy atom. The van der Waals surface area contributed by atoms with Gasteiger partial charge < -0.3 is 44.5 Å². The van der Waals surface area contributed by atoms with E-state index >= 15 is 0 Å². The van der Waals surface area contributed by atoms with Crippen LogP contribution in [0.2, 0.25) is 0 Å². The largest absolute Gasteiger partial charge is 0.507 e. The Balaban J connectivity index is 1.44. The highest BCUT2D eigenvalue weighted by molar-refractivity contribution is 6.31. The summed E-state index contributed by atoms with van der Waals surface area (Å²) in [6, 6.07) is 5.28. The number of aromatic hydroxyl groups is 2. The van der Waals surface area contributed by atoms with Gasteiger partial charge in [-0.3, -0.25) is 19.3 Å². The fraction of sp³-hybridized carbons (Fsp3) is 0.500. The van der Waals surface area contributed by atoms with Crippen LogP contribution in [0.1, 0.15) is 68.8 Å². The molecule has 14 heteroatoms. The number of carbonyl (C=O) groups is 3. The number of phenolic OH excluding ortho intramolecular Hbond substituents is 2. The first-order chi connectivity index (χ1) is 21.9. The molecule has 2 aliphatic carbocycles. The van der Waals surface area contributed by atoms with Crippen molar-refractivity contribution in [3.8, 4) is 23.3 Å². The molecule has 2 fully saturated rings. The molecule has 2 aromatic rings. The monoisotopic (exact) mass is 638 g/mol. The van der Waals surface area contributed by atoms with E-state index in [1.807, 2.05) is 0 Å². The lowest BCUT2D eigenvalue weighted by atomic mass is 9.72. The minimum absolute atomic E-state index is 0.0293. The number of nitrogens with zero attached hydrogens (tertiary/aromatic N) is 2. The highest BCUT2D eigenvalue weighted by Gasteiger charge is 2.51. The van der Waals surface area contributed by atoms with Crippen molar-refractivity contribution in [3.63, 3.8) is 0 Å². The van der Waals surface area contributed by atoms with Crippen LogP contribution in [0.4, 0.5) is 0 Å². The lowest BCUT2D eigenvalue weighted by molar-refractivity contribution is -0.262. The van der Waals surface area contributed by atoms with Gasteiger partial charge in [-0.1, -0.05) is 12.1 Å². The molecule has 14 nitrogen and oxygen atoms in total. The molecule has 0 aromatic heterocycles. The number of fused-ring (bicyclic) bond motifs is 3. The summed E-state index contributed by atoms with van der Waals surface area (Å²) in [6.07, 6.45) is -5.39. The molecule has 4 aliphatic rings. The van der Waals surface area contributed by atoms with Crippen molar-refractivity contribution in [2.75, 3.05) is 33.5 Å². The summed E-state index contributed by atoms with van der Waals surface area (Å²) in [5, 5.41) is 65.1. The maximum absolute atomic E-state index is 13.9. The maximum atomic E-state index is 13.9. The van der Waals surface area contributed by atoms with Gasteiger partial charge in [-0.05, 0) is 13.0 Å². The summed E-state index contributed by atoms with van der Waals surface area (Å²) in [4.78, 5) is 42.2. The van der Waals surface area contributed by atoms with Gasteiger partial charge in [0.1, 0.15) is 35.5 Å². The van der Waals surface area contributed by atoms with Crippen molar-refractivity contribution in [2.45, 2.75) is 68.5 Å². The number of morpholine rings is 1. The van der Waals surface area contributed by atoms with E-state index < -0.39 is 102 Å². The van der Waals surface area contributed by atoms with E-state index in [4.69, 9.17) is 18.9 Å².